The Labute approximate surface area is 185 Å². The summed E-state index contributed by atoms with van der Waals surface area (Å²) in [5, 5.41) is 5.74. The summed E-state index contributed by atoms with van der Waals surface area (Å²) in [5.74, 6) is -1.51. The van der Waals surface area contributed by atoms with Crippen LogP contribution in [0.1, 0.15) is 23.7 Å². The number of sulfonamides is 1. The van der Waals surface area contributed by atoms with Crippen LogP contribution in [0.4, 0.5) is 5.69 Å². The van der Waals surface area contributed by atoms with Crippen LogP contribution < -0.4 is 15.9 Å². The molecule has 0 saturated carbocycles. The molecule has 3 rings (SSSR count). The summed E-state index contributed by atoms with van der Waals surface area (Å²) < 4.78 is 25.5. The van der Waals surface area contributed by atoms with Gasteiger partial charge in [-0.2, -0.15) is 5.10 Å². The predicted molar refractivity (Wildman–Crippen MR) is 118 cm³/mol. The highest BCUT2D eigenvalue weighted by atomic mass is 32.2. The molecule has 0 radical (unpaired) electrons. The lowest BCUT2D eigenvalue weighted by Crippen LogP contribution is -2.45. The van der Waals surface area contributed by atoms with Crippen LogP contribution >= 0.6 is 0 Å². The van der Waals surface area contributed by atoms with Crippen LogP contribution in [0.25, 0.3) is 0 Å². The molecule has 0 bridgehead atoms. The van der Waals surface area contributed by atoms with Crippen LogP contribution in [-0.4, -0.2) is 56.2 Å². The largest absolute Gasteiger partial charge is 0.298 e. The molecule has 0 aromatic heterocycles. The van der Waals surface area contributed by atoms with Crippen molar-refractivity contribution in [3.8, 4) is 0 Å². The molecular formula is C21H23N5O5S. The first kappa shape index (κ1) is 23.1. The monoisotopic (exact) mass is 457 g/mol. The molecule has 168 valence electrons. The summed E-state index contributed by atoms with van der Waals surface area (Å²) in [5.41, 5.74) is 5.32. The average molecular weight is 458 g/mol. The summed E-state index contributed by atoms with van der Waals surface area (Å²) in [6.45, 7) is 1.42. The molecule has 0 aliphatic carbocycles. The summed E-state index contributed by atoms with van der Waals surface area (Å²) in [6.07, 6.45) is 0.0858. The normalized spacial score (nSPS) is 15.9. The van der Waals surface area contributed by atoms with Crippen LogP contribution in [0.2, 0.25) is 0 Å². The number of rotatable bonds is 6. The zero-order valence-electron chi connectivity index (χ0n) is 17.8. The van der Waals surface area contributed by atoms with Crippen molar-refractivity contribution in [1.29, 1.82) is 0 Å². The van der Waals surface area contributed by atoms with E-state index in [0.717, 1.165) is 4.31 Å². The highest BCUT2D eigenvalue weighted by molar-refractivity contribution is 7.89. The topological polar surface area (TPSA) is 128 Å². The smallest absolute Gasteiger partial charge is 0.285 e. The number of nitrogens with zero attached hydrogens (tertiary/aromatic N) is 3. The van der Waals surface area contributed by atoms with Crippen LogP contribution in [0, 0.1) is 0 Å². The van der Waals surface area contributed by atoms with Gasteiger partial charge in [-0.15, -0.1) is 0 Å². The lowest BCUT2D eigenvalue weighted by molar-refractivity contribution is -0.118. The SMILES string of the molecule is CC(=O)C1CC(C(=O)NNC(=O)c2cccc(S(=O)(=O)N(C)C)c2)=NN1c1ccccc1. The number of hydrazine groups is 1. The van der Waals surface area contributed by atoms with E-state index in [2.05, 4.69) is 16.0 Å². The number of para-hydroxylation sites is 1. The van der Waals surface area contributed by atoms with Gasteiger partial charge in [-0.1, -0.05) is 24.3 Å². The Morgan fingerprint density at radius 2 is 1.66 bits per heavy atom. The Hall–Kier alpha value is -3.57. The Morgan fingerprint density at radius 1 is 1.00 bits per heavy atom. The molecule has 2 aromatic carbocycles. The molecule has 2 amide bonds. The van der Waals surface area contributed by atoms with Gasteiger partial charge in [-0.05, 0) is 37.3 Å². The fourth-order valence-electron chi connectivity index (χ4n) is 3.05. The molecule has 1 atom stereocenters. The van der Waals surface area contributed by atoms with Crippen molar-refractivity contribution >= 4 is 39.0 Å². The Morgan fingerprint density at radius 3 is 2.28 bits per heavy atom. The summed E-state index contributed by atoms with van der Waals surface area (Å²) in [7, 11) is -0.942. The maximum Gasteiger partial charge on any atom is 0.285 e. The van der Waals surface area contributed by atoms with Crippen molar-refractivity contribution in [2.75, 3.05) is 19.1 Å². The molecule has 10 nitrogen and oxygen atoms in total. The van der Waals surface area contributed by atoms with E-state index in [-0.39, 0.29) is 28.4 Å². The minimum absolute atomic E-state index is 0.0501. The Balaban J connectivity index is 1.71. The van der Waals surface area contributed by atoms with Crippen LogP contribution in [0.3, 0.4) is 0 Å². The van der Waals surface area contributed by atoms with E-state index in [1.54, 1.807) is 24.3 Å². The maximum atomic E-state index is 12.5. The van der Waals surface area contributed by atoms with Crippen molar-refractivity contribution in [1.82, 2.24) is 15.2 Å². The molecule has 2 N–H and O–H groups in total. The highest BCUT2D eigenvalue weighted by Crippen LogP contribution is 2.25. The molecule has 32 heavy (non-hydrogen) atoms. The number of hydrogen-bond donors (Lipinski definition) is 2. The van der Waals surface area contributed by atoms with E-state index in [4.69, 9.17) is 0 Å². The number of ketones is 1. The molecule has 0 saturated heterocycles. The van der Waals surface area contributed by atoms with Gasteiger partial charge in [0.25, 0.3) is 11.8 Å². The average Bonchev–Trinajstić information content (AvgIpc) is 3.24. The second kappa shape index (κ2) is 9.28. The Kier molecular flexibility index (Phi) is 6.70. The standard InChI is InChI=1S/C21H23N5O5S/c1-14(27)19-13-18(24-26(19)16-9-5-4-6-10-16)21(29)23-22-20(28)15-8-7-11-17(12-15)32(30,31)25(2)3/h4-12,19H,13H2,1-3H3,(H,22,28)(H,23,29). The van der Waals surface area contributed by atoms with Gasteiger partial charge in [0.2, 0.25) is 10.0 Å². The molecule has 11 heteroatoms. The number of carbonyl (C=O) groups is 3. The predicted octanol–water partition coefficient (Wildman–Crippen LogP) is 0.922. The number of hydrogen-bond acceptors (Lipinski definition) is 7. The number of nitrogens with one attached hydrogen (secondary N) is 2. The van der Waals surface area contributed by atoms with Gasteiger partial charge in [0.05, 0.1) is 10.6 Å². The van der Waals surface area contributed by atoms with Crippen molar-refractivity contribution in [2.45, 2.75) is 24.3 Å². The number of carbonyl (C=O) groups excluding carboxylic acids is 3. The van der Waals surface area contributed by atoms with Crippen LogP contribution in [0.5, 0.6) is 0 Å². The van der Waals surface area contributed by atoms with E-state index in [9.17, 15) is 22.8 Å². The van der Waals surface area contributed by atoms with E-state index in [1.165, 1.54) is 50.3 Å². The van der Waals surface area contributed by atoms with Crippen LogP contribution in [0.15, 0.2) is 64.6 Å². The number of anilines is 1. The van der Waals surface area contributed by atoms with Gasteiger partial charge in [0.15, 0.2) is 5.78 Å². The number of amides is 2. The zero-order chi connectivity index (χ0) is 23.5. The molecule has 1 aliphatic rings. The first-order chi connectivity index (χ1) is 15.1. The molecule has 1 heterocycles. The third-order valence-electron chi connectivity index (χ3n) is 4.83. The molecule has 1 aliphatic heterocycles. The number of benzene rings is 2. The van der Waals surface area contributed by atoms with Crippen molar-refractivity contribution in [3.63, 3.8) is 0 Å². The Bertz CT molecular complexity index is 1180. The fraction of sp³-hybridized carbons (Fsp3) is 0.238. The van der Waals surface area contributed by atoms with E-state index >= 15 is 0 Å². The minimum atomic E-state index is -3.71. The quantitative estimate of drug-likeness (QED) is 0.621. The molecule has 0 fully saturated rings. The lowest BCUT2D eigenvalue weighted by atomic mass is 10.1. The molecule has 0 spiro atoms. The summed E-state index contributed by atoms with van der Waals surface area (Å²) in [4.78, 5) is 37.0. The van der Waals surface area contributed by atoms with Gasteiger partial charge >= 0.3 is 0 Å². The molecule has 2 aromatic rings. The second-order valence-corrected chi connectivity index (χ2v) is 9.43. The number of hydrazone groups is 1. The first-order valence-electron chi connectivity index (χ1n) is 9.66. The third-order valence-corrected chi connectivity index (χ3v) is 6.64. The molecule has 1 unspecified atom stereocenters. The van der Waals surface area contributed by atoms with Crippen LogP contribution in [-0.2, 0) is 19.6 Å². The van der Waals surface area contributed by atoms with Gasteiger partial charge in [-0.3, -0.25) is 30.2 Å². The second-order valence-electron chi connectivity index (χ2n) is 7.28. The van der Waals surface area contributed by atoms with Gasteiger partial charge in [-0.25, -0.2) is 12.7 Å². The lowest BCUT2D eigenvalue weighted by Gasteiger charge is -2.20. The van der Waals surface area contributed by atoms with Gasteiger partial charge < -0.3 is 0 Å². The first-order valence-corrected chi connectivity index (χ1v) is 11.1. The minimum Gasteiger partial charge on any atom is -0.298 e. The van der Waals surface area contributed by atoms with Crippen molar-refractivity contribution < 1.29 is 22.8 Å². The van der Waals surface area contributed by atoms with E-state index < -0.39 is 27.9 Å². The van der Waals surface area contributed by atoms with Crippen molar-refractivity contribution in [3.05, 3.63) is 60.2 Å². The zero-order valence-corrected chi connectivity index (χ0v) is 18.6. The summed E-state index contributed by atoms with van der Waals surface area (Å²) >= 11 is 0. The summed E-state index contributed by atoms with van der Waals surface area (Å²) in [6, 6.07) is 13.8. The molecular weight excluding hydrogens is 434 g/mol. The third kappa shape index (κ3) is 4.84. The van der Waals surface area contributed by atoms with Crippen molar-refractivity contribution in [2.24, 2.45) is 5.10 Å². The fourth-order valence-corrected chi connectivity index (χ4v) is 4.00. The maximum absolute atomic E-state index is 12.5. The number of Topliss-reactive ketones (excluding diaryl/α,β-unsaturated/α-hetero) is 1. The highest BCUT2D eigenvalue weighted by Gasteiger charge is 2.34. The van der Waals surface area contributed by atoms with E-state index in [0.29, 0.717) is 5.69 Å². The van der Waals surface area contributed by atoms with Gasteiger partial charge in [0.1, 0.15) is 11.8 Å². The van der Waals surface area contributed by atoms with E-state index in [1.807, 2.05) is 6.07 Å². The van der Waals surface area contributed by atoms with Gasteiger partial charge in [0, 0.05) is 26.1 Å².